The maximum absolute atomic E-state index is 13.5. The minimum absolute atomic E-state index is 0.326. The first-order valence-electron chi connectivity index (χ1n) is 7.40. The van der Waals surface area contributed by atoms with Gasteiger partial charge in [-0.25, -0.2) is 4.39 Å². The molecule has 0 saturated carbocycles. The fourth-order valence-corrected chi connectivity index (χ4v) is 3.89. The standard InChI is InChI=1S/C18H15F4NS/c1-23-8-2-3-13-14-6-5-12(19)10-17(14)24-16-7-4-11(9-15(13)16)18(20,21)22/h2-7,9-10,13,23H,8H2,1H3. The smallest absolute Gasteiger partial charge is 0.316 e. The highest BCUT2D eigenvalue weighted by molar-refractivity contribution is 7.99. The van der Waals surface area contributed by atoms with Gasteiger partial charge < -0.3 is 5.32 Å². The molecule has 6 heteroatoms. The molecule has 2 aromatic rings. The molecule has 0 fully saturated rings. The number of likely N-dealkylation sites (N-methyl/N-ethyl adjacent to an activating group) is 1. The van der Waals surface area contributed by atoms with E-state index in [1.807, 2.05) is 12.2 Å². The van der Waals surface area contributed by atoms with Crippen molar-refractivity contribution in [1.82, 2.24) is 5.32 Å². The zero-order chi connectivity index (χ0) is 17.3. The average molecular weight is 353 g/mol. The molecule has 1 heterocycles. The van der Waals surface area contributed by atoms with Gasteiger partial charge in [-0.2, -0.15) is 13.2 Å². The van der Waals surface area contributed by atoms with Crippen LogP contribution in [-0.2, 0) is 6.18 Å². The highest BCUT2D eigenvalue weighted by Crippen LogP contribution is 2.48. The van der Waals surface area contributed by atoms with E-state index in [0.717, 1.165) is 21.4 Å². The van der Waals surface area contributed by atoms with Gasteiger partial charge in [-0.05, 0) is 48.5 Å². The number of benzene rings is 2. The van der Waals surface area contributed by atoms with Crippen LogP contribution in [0.2, 0.25) is 0 Å². The van der Waals surface area contributed by atoms with Crippen LogP contribution in [0.3, 0.4) is 0 Å². The normalized spacial score (nSPS) is 17.0. The summed E-state index contributed by atoms with van der Waals surface area (Å²) in [4.78, 5) is 1.46. The van der Waals surface area contributed by atoms with Gasteiger partial charge in [0, 0.05) is 22.3 Å². The van der Waals surface area contributed by atoms with Gasteiger partial charge in [-0.1, -0.05) is 30.0 Å². The molecule has 1 nitrogen and oxygen atoms in total. The predicted octanol–water partition coefficient (Wildman–Crippen LogP) is 5.22. The quantitative estimate of drug-likeness (QED) is 0.600. The Bertz CT molecular complexity index is 783. The van der Waals surface area contributed by atoms with Crippen molar-refractivity contribution in [2.75, 3.05) is 13.6 Å². The molecule has 1 aliphatic heterocycles. The van der Waals surface area contributed by atoms with Crippen molar-refractivity contribution >= 4 is 11.8 Å². The van der Waals surface area contributed by atoms with Gasteiger partial charge in [0.1, 0.15) is 5.82 Å². The maximum Gasteiger partial charge on any atom is 0.416 e. The van der Waals surface area contributed by atoms with E-state index in [1.165, 1.54) is 36.0 Å². The Morgan fingerprint density at radius 3 is 2.58 bits per heavy atom. The molecule has 0 spiro atoms. The van der Waals surface area contributed by atoms with Crippen LogP contribution < -0.4 is 5.32 Å². The van der Waals surface area contributed by atoms with Crippen molar-refractivity contribution in [1.29, 1.82) is 0 Å². The second kappa shape index (κ2) is 6.61. The topological polar surface area (TPSA) is 12.0 Å². The monoisotopic (exact) mass is 353 g/mol. The molecule has 0 saturated heterocycles. The van der Waals surface area contributed by atoms with E-state index >= 15 is 0 Å². The number of halogens is 4. The Labute approximate surface area is 141 Å². The molecule has 1 N–H and O–H groups in total. The Morgan fingerprint density at radius 1 is 1.08 bits per heavy atom. The van der Waals surface area contributed by atoms with E-state index in [-0.39, 0.29) is 11.7 Å². The van der Waals surface area contributed by atoms with Crippen LogP contribution in [0.5, 0.6) is 0 Å². The summed E-state index contributed by atoms with van der Waals surface area (Å²) in [6.07, 6.45) is -0.647. The maximum atomic E-state index is 13.5. The molecule has 0 aromatic heterocycles. The van der Waals surface area contributed by atoms with Gasteiger partial charge in [0.25, 0.3) is 0 Å². The Balaban J connectivity index is 2.12. The SMILES string of the molecule is CNCC=CC1c2ccc(F)cc2Sc2ccc(C(F)(F)F)cc21. The summed E-state index contributed by atoms with van der Waals surface area (Å²) in [5.74, 6) is -0.679. The molecule has 0 radical (unpaired) electrons. The minimum atomic E-state index is -4.39. The van der Waals surface area contributed by atoms with Crippen LogP contribution in [-0.4, -0.2) is 13.6 Å². The molecular weight excluding hydrogens is 338 g/mol. The lowest BCUT2D eigenvalue weighted by Crippen LogP contribution is -2.12. The van der Waals surface area contributed by atoms with Crippen molar-refractivity contribution in [2.45, 2.75) is 21.9 Å². The first kappa shape index (κ1) is 17.0. The van der Waals surface area contributed by atoms with E-state index in [9.17, 15) is 17.6 Å². The number of fused-ring (bicyclic) bond motifs is 2. The fourth-order valence-electron chi connectivity index (χ4n) is 2.73. The summed E-state index contributed by atoms with van der Waals surface area (Å²) < 4.78 is 52.7. The molecule has 126 valence electrons. The Hall–Kier alpha value is -1.79. The van der Waals surface area contributed by atoms with Gasteiger partial charge in [0.15, 0.2) is 0 Å². The number of nitrogens with one attached hydrogen (secondary N) is 1. The second-order valence-electron chi connectivity index (χ2n) is 5.50. The Morgan fingerprint density at radius 2 is 1.88 bits per heavy atom. The van der Waals surface area contributed by atoms with Crippen LogP contribution in [0.1, 0.15) is 22.6 Å². The zero-order valence-electron chi connectivity index (χ0n) is 12.8. The van der Waals surface area contributed by atoms with Crippen LogP contribution >= 0.6 is 11.8 Å². The molecule has 0 amide bonds. The molecule has 0 aliphatic carbocycles. The predicted molar refractivity (Wildman–Crippen MR) is 86.9 cm³/mol. The van der Waals surface area contributed by atoms with E-state index in [4.69, 9.17) is 0 Å². The van der Waals surface area contributed by atoms with Gasteiger partial charge in [0.05, 0.1) is 5.56 Å². The van der Waals surface area contributed by atoms with E-state index < -0.39 is 11.7 Å². The lowest BCUT2D eigenvalue weighted by molar-refractivity contribution is -0.137. The van der Waals surface area contributed by atoms with Crippen molar-refractivity contribution in [2.24, 2.45) is 0 Å². The lowest BCUT2D eigenvalue weighted by Gasteiger charge is -2.27. The molecule has 2 aromatic carbocycles. The Kier molecular flexibility index (Phi) is 4.69. The summed E-state index contributed by atoms with van der Waals surface area (Å²) in [7, 11) is 1.79. The molecule has 1 aliphatic rings. The fraction of sp³-hybridized carbons (Fsp3) is 0.222. The highest BCUT2D eigenvalue weighted by atomic mass is 32.2. The van der Waals surface area contributed by atoms with Crippen LogP contribution in [0.25, 0.3) is 0 Å². The summed E-state index contributed by atoms with van der Waals surface area (Å²) in [5.41, 5.74) is 0.751. The van der Waals surface area contributed by atoms with Gasteiger partial charge in [-0.3, -0.25) is 0 Å². The van der Waals surface area contributed by atoms with E-state index in [1.54, 1.807) is 13.1 Å². The molecule has 3 rings (SSSR count). The van der Waals surface area contributed by atoms with Crippen molar-refractivity contribution in [3.05, 3.63) is 71.1 Å². The second-order valence-corrected chi connectivity index (χ2v) is 6.58. The number of hydrogen-bond donors (Lipinski definition) is 1. The zero-order valence-corrected chi connectivity index (χ0v) is 13.6. The summed E-state index contributed by atoms with van der Waals surface area (Å²) in [6.45, 7) is 0.606. The number of hydrogen-bond acceptors (Lipinski definition) is 2. The summed E-state index contributed by atoms with van der Waals surface area (Å²) >= 11 is 1.30. The van der Waals surface area contributed by atoms with Gasteiger partial charge >= 0.3 is 6.18 Å². The summed E-state index contributed by atoms with van der Waals surface area (Å²) in [5, 5.41) is 2.97. The molecular formula is C18H15F4NS. The first-order valence-corrected chi connectivity index (χ1v) is 8.21. The van der Waals surface area contributed by atoms with Gasteiger partial charge in [0.2, 0.25) is 0 Å². The third-order valence-electron chi connectivity index (χ3n) is 3.85. The molecule has 24 heavy (non-hydrogen) atoms. The molecule has 1 unspecified atom stereocenters. The third-order valence-corrected chi connectivity index (χ3v) is 5.02. The number of rotatable bonds is 3. The first-order chi connectivity index (χ1) is 11.4. The number of alkyl halides is 3. The summed E-state index contributed by atoms with van der Waals surface area (Å²) in [6, 6.07) is 8.16. The van der Waals surface area contributed by atoms with Crippen molar-refractivity contribution < 1.29 is 17.6 Å². The van der Waals surface area contributed by atoms with E-state index in [0.29, 0.717) is 12.1 Å². The van der Waals surface area contributed by atoms with Gasteiger partial charge in [-0.15, -0.1) is 0 Å². The largest absolute Gasteiger partial charge is 0.416 e. The van der Waals surface area contributed by atoms with E-state index in [2.05, 4.69) is 5.32 Å². The van der Waals surface area contributed by atoms with Crippen LogP contribution in [0, 0.1) is 5.82 Å². The minimum Gasteiger partial charge on any atom is -0.316 e. The average Bonchev–Trinajstić information content (AvgIpc) is 2.52. The lowest BCUT2D eigenvalue weighted by atomic mass is 9.89. The highest BCUT2D eigenvalue weighted by Gasteiger charge is 2.33. The number of allylic oxidation sites excluding steroid dienone is 1. The van der Waals surface area contributed by atoms with Crippen LogP contribution in [0.15, 0.2) is 58.3 Å². The third kappa shape index (κ3) is 3.35. The van der Waals surface area contributed by atoms with Crippen LogP contribution in [0.4, 0.5) is 17.6 Å². The van der Waals surface area contributed by atoms with Crippen molar-refractivity contribution in [3.63, 3.8) is 0 Å². The molecule has 0 bridgehead atoms. The van der Waals surface area contributed by atoms with Crippen molar-refractivity contribution in [3.8, 4) is 0 Å². The molecule has 1 atom stereocenters.